The van der Waals surface area contributed by atoms with E-state index in [9.17, 15) is 13.6 Å². The number of urea groups is 1. The Labute approximate surface area is 147 Å². The van der Waals surface area contributed by atoms with Crippen molar-refractivity contribution in [2.75, 3.05) is 5.32 Å². The van der Waals surface area contributed by atoms with E-state index < -0.39 is 12.6 Å². The fourth-order valence-electron chi connectivity index (χ4n) is 2.21. The molecule has 0 spiro atoms. The summed E-state index contributed by atoms with van der Waals surface area (Å²) in [5, 5.41) is 9.25. The van der Waals surface area contributed by atoms with E-state index in [0.717, 1.165) is 0 Å². The first kappa shape index (κ1) is 17.3. The molecule has 0 aliphatic rings. The zero-order valence-corrected chi connectivity index (χ0v) is 13.5. The number of ether oxygens (including phenoxy) is 1. The molecule has 9 heteroatoms. The molecule has 0 atom stereocenters. The Balaban J connectivity index is 1.56. The molecule has 0 radical (unpaired) electrons. The van der Waals surface area contributed by atoms with Gasteiger partial charge in [-0.1, -0.05) is 18.2 Å². The Hall–Kier alpha value is -3.49. The van der Waals surface area contributed by atoms with Crippen LogP contribution >= 0.6 is 0 Å². The smallest absolute Gasteiger partial charge is 0.387 e. The summed E-state index contributed by atoms with van der Waals surface area (Å²) in [6.07, 6.45) is 4.88. The molecule has 3 aromatic rings. The summed E-state index contributed by atoms with van der Waals surface area (Å²) < 4.78 is 30.8. The van der Waals surface area contributed by atoms with E-state index in [1.807, 2.05) is 0 Å². The number of anilines is 1. The van der Waals surface area contributed by atoms with Gasteiger partial charge in [-0.25, -0.2) is 14.5 Å². The number of alkyl halides is 2. The number of rotatable bonds is 6. The lowest BCUT2D eigenvalue weighted by Crippen LogP contribution is -2.28. The van der Waals surface area contributed by atoms with Gasteiger partial charge in [0, 0.05) is 24.5 Å². The summed E-state index contributed by atoms with van der Waals surface area (Å²) in [6, 6.07) is 10.9. The molecule has 2 amide bonds. The highest BCUT2D eigenvalue weighted by molar-refractivity contribution is 5.89. The fraction of sp³-hybridized carbons (Fsp3) is 0.118. The fourth-order valence-corrected chi connectivity index (χ4v) is 2.21. The SMILES string of the molecule is O=C(NCc1ccccc1OC(F)F)Nc1ccc(-n2cccn2)nc1. The van der Waals surface area contributed by atoms with Gasteiger partial charge in [0.1, 0.15) is 5.75 Å². The second-order valence-corrected chi connectivity index (χ2v) is 5.15. The molecule has 3 rings (SSSR count). The number of carbonyl (C=O) groups is 1. The van der Waals surface area contributed by atoms with Crippen LogP contribution in [0, 0.1) is 0 Å². The number of aromatic nitrogens is 3. The van der Waals surface area contributed by atoms with Crippen molar-refractivity contribution >= 4 is 11.7 Å². The standard InChI is InChI=1S/C17H15F2N5O2/c18-16(19)26-14-5-2-1-4-12(14)10-21-17(25)23-13-6-7-15(20-11-13)24-9-3-8-22-24/h1-9,11,16H,10H2,(H2,21,23,25). The molecular weight excluding hydrogens is 344 g/mol. The van der Waals surface area contributed by atoms with Gasteiger partial charge in [0.2, 0.25) is 0 Å². The number of nitrogens with zero attached hydrogens (tertiary/aromatic N) is 3. The van der Waals surface area contributed by atoms with Gasteiger partial charge in [-0.2, -0.15) is 13.9 Å². The van der Waals surface area contributed by atoms with Gasteiger partial charge >= 0.3 is 12.6 Å². The minimum absolute atomic E-state index is 0.0213. The summed E-state index contributed by atoms with van der Waals surface area (Å²) >= 11 is 0. The number of para-hydroxylation sites is 1. The molecule has 2 N–H and O–H groups in total. The predicted octanol–water partition coefficient (Wildman–Crippen LogP) is 3.19. The van der Waals surface area contributed by atoms with Gasteiger partial charge in [0.25, 0.3) is 0 Å². The highest BCUT2D eigenvalue weighted by atomic mass is 19.3. The van der Waals surface area contributed by atoms with E-state index in [-0.39, 0.29) is 12.3 Å². The normalized spacial score (nSPS) is 10.6. The lowest BCUT2D eigenvalue weighted by Gasteiger charge is -2.12. The number of carbonyl (C=O) groups excluding carboxylic acids is 1. The minimum atomic E-state index is -2.93. The van der Waals surface area contributed by atoms with Crippen molar-refractivity contribution in [2.45, 2.75) is 13.2 Å². The summed E-state index contributed by atoms with van der Waals surface area (Å²) in [5.41, 5.74) is 0.922. The summed E-state index contributed by atoms with van der Waals surface area (Å²) in [7, 11) is 0. The largest absolute Gasteiger partial charge is 0.434 e. The maximum Gasteiger partial charge on any atom is 0.387 e. The van der Waals surface area contributed by atoms with Crippen LogP contribution in [0.5, 0.6) is 5.75 Å². The molecule has 134 valence electrons. The van der Waals surface area contributed by atoms with E-state index in [1.165, 1.54) is 12.3 Å². The second-order valence-electron chi connectivity index (χ2n) is 5.15. The lowest BCUT2D eigenvalue weighted by atomic mass is 10.2. The van der Waals surface area contributed by atoms with Crippen molar-refractivity contribution in [2.24, 2.45) is 0 Å². The maximum absolute atomic E-state index is 12.4. The Kier molecular flexibility index (Phi) is 5.37. The maximum atomic E-state index is 12.4. The van der Waals surface area contributed by atoms with Gasteiger partial charge in [0.15, 0.2) is 5.82 Å². The van der Waals surface area contributed by atoms with Crippen LogP contribution in [0.15, 0.2) is 61.1 Å². The van der Waals surface area contributed by atoms with Crippen molar-refractivity contribution in [1.82, 2.24) is 20.1 Å². The molecule has 7 nitrogen and oxygen atoms in total. The number of halogens is 2. The Morgan fingerprint density at radius 1 is 1.19 bits per heavy atom. The number of pyridine rings is 1. The molecule has 0 bridgehead atoms. The average Bonchev–Trinajstić information content (AvgIpc) is 3.16. The van der Waals surface area contributed by atoms with Gasteiger partial charge < -0.3 is 15.4 Å². The van der Waals surface area contributed by atoms with Crippen LogP contribution in [0.3, 0.4) is 0 Å². The molecule has 0 aliphatic heterocycles. The molecular formula is C17H15F2N5O2. The van der Waals surface area contributed by atoms with Crippen LogP contribution in [-0.2, 0) is 6.54 Å². The van der Waals surface area contributed by atoms with Crippen LogP contribution in [0.1, 0.15) is 5.56 Å². The van der Waals surface area contributed by atoms with Gasteiger partial charge in [-0.15, -0.1) is 0 Å². The molecule has 0 aliphatic carbocycles. The third-order valence-corrected chi connectivity index (χ3v) is 3.37. The van der Waals surface area contributed by atoms with Crippen LogP contribution in [-0.4, -0.2) is 27.4 Å². The van der Waals surface area contributed by atoms with Crippen molar-refractivity contribution < 1.29 is 18.3 Å². The number of amides is 2. The number of benzene rings is 1. The van der Waals surface area contributed by atoms with Gasteiger partial charge in [0.05, 0.1) is 11.9 Å². The summed E-state index contributed by atoms with van der Waals surface area (Å²) in [5.74, 6) is 0.632. The second kappa shape index (κ2) is 8.06. The molecule has 1 aromatic carbocycles. The predicted molar refractivity (Wildman–Crippen MR) is 90.3 cm³/mol. The number of hydrogen-bond donors (Lipinski definition) is 2. The summed E-state index contributed by atoms with van der Waals surface area (Å²) in [6.45, 7) is -2.89. The molecule has 2 heterocycles. The number of hydrogen-bond acceptors (Lipinski definition) is 4. The van der Waals surface area contributed by atoms with Crippen LogP contribution < -0.4 is 15.4 Å². The first-order valence-corrected chi connectivity index (χ1v) is 7.65. The third kappa shape index (κ3) is 4.53. The Morgan fingerprint density at radius 2 is 2.04 bits per heavy atom. The van der Waals surface area contributed by atoms with Crippen molar-refractivity contribution in [1.29, 1.82) is 0 Å². The first-order valence-electron chi connectivity index (χ1n) is 7.65. The van der Waals surface area contributed by atoms with Gasteiger partial charge in [-0.3, -0.25) is 0 Å². The number of nitrogens with one attached hydrogen (secondary N) is 2. The molecule has 26 heavy (non-hydrogen) atoms. The molecule has 0 saturated heterocycles. The highest BCUT2D eigenvalue weighted by Crippen LogP contribution is 2.20. The van der Waals surface area contributed by atoms with E-state index >= 15 is 0 Å². The van der Waals surface area contributed by atoms with Gasteiger partial charge in [-0.05, 0) is 24.3 Å². The molecule has 0 saturated carbocycles. The Bertz CT molecular complexity index is 854. The van der Waals surface area contributed by atoms with E-state index in [0.29, 0.717) is 17.1 Å². The molecule has 0 unspecified atom stereocenters. The zero-order valence-electron chi connectivity index (χ0n) is 13.5. The summed E-state index contributed by atoms with van der Waals surface area (Å²) in [4.78, 5) is 16.2. The van der Waals surface area contributed by atoms with Crippen LogP contribution in [0.2, 0.25) is 0 Å². The molecule has 2 aromatic heterocycles. The monoisotopic (exact) mass is 359 g/mol. The third-order valence-electron chi connectivity index (χ3n) is 3.37. The topological polar surface area (TPSA) is 81.1 Å². The van der Waals surface area contributed by atoms with Crippen molar-refractivity contribution in [3.63, 3.8) is 0 Å². The average molecular weight is 359 g/mol. The molecule has 0 fully saturated rings. The first-order chi connectivity index (χ1) is 12.6. The van der Waals surface area contributed by atoms with Crippen LogP contribution in [0.25, 0.3) is 5.82 Å². The minimum Gasteiger partial charge on any atom is -0.434 e. The van der Waals surface area contributed by atoms with Crippen molar-refractivity contribution in [3.05, 3.63) is 66.6 Å². The van der Waals surface area contributed by atoms with Crippen molar-refractivity contribution in [3.8, 4) is 11.6 Å². The van der Waals surface area contributed by atoms with E-state index in [4.69, 9.17) is 0 Å². The quantitative estimate of drug-likeness (QED) is 0.708. The van der Waals surface area contributed by atoms with E-state index in [2.05, 4.69) is 25.5 Å². The highest BCUT2D eigenvalue weighted by Gasteiger charge is 2.10. The van der Waals surface area contributed by atoms with E-state index in [1.54, 1.807) is 53.5 Å². The zero-order chi connectivity index (χ0) is 18.4. The van der Waals surface area contributed by atoms with Crippen LogP contribution in [0.4, 0.5) is 19.3 Å². The Morgan fingerprint density at radius 3 is 2.73 bits per heavy atom. The lowest BCUT2D eigenvalue weighted by molar-refractivity contribution is -0.0504.